The second-order valence-electron chi connectivity index (χ2n) is 4.24. The summed E-state index contributed by atoms with van der Waals surface area (Å²) < 4.78 is 5.39. The third-order valence-electron chi connectivity index (χ3n) is 3.26. The number of nitrogens with zero attached hydrogens (tertiary/aromatic N) is 1. The minimum atomic E-state index is 0.129. The number of rotatable bonds is 3. The van der Waals surface area contributed by atoms with E-state index in [9.17, 15) is 5.11 Å². The molecule has 1 aliphatic rings. The predicted molar refractivity (Wildman–Crippen MR) is 63.3 cm³/mol. The number of ether oxygens (including phenoxy) is 1. The van der Waals surface area contributed by atoms with Gasteiger partial charge < -0.3 is 9.84 Å². The van der Waals surface area contributed by atoms with Crippen LogP contribution in [-0.2, 0) is 4.74 Å². The molecule has 0 radical (unpaired) electrons. The third-order valence-corrected chi connectivity index (χ3v) is 3.26. The molecular formula is C13H19NO2. The van der Waals surface area contributed by atoms with Crippen LogP contribution in [0.15, 0.2) is 30.3 Å². The summed E-state index contributed by atoms with van der Waals surface area (Å²) in [5.41, 5.74) is 1.29. The minimum Gasteiger partial charge on any atom is -0.395 e. The number of hydrogen-bond acceptors (Lipinski definition) is 3. The quantitative estimate of drug-likeness (QED) is 0.838. The molecule has 0 bridgehead atoms. The van der Waals surface area contributed by atoms with Crippen LogP contribution in [0.25, 0.3) is 0 Å². The molecule has 1 fully saturated rings. The van der Waals surface area contributed by atoms with Crippen molar-refractivity contribution in [1.29, 1.82) is 0 Å². The Balaban J connectivity index is 2.10. The topological polar surface area (TPSA) is 32.7 Å². The maximum Gasteiger partial charge on any atom is 0.0645 e. The van der Waals surface area contributed by atoms with Crippen LogP contribution in [-0.4, -0.2) is 42.4 Å². The summed E-state index contributed by atoms with van der Waals surface area (Å²) in [5, 5.41) is 9.34. The lowest BCUT2D eigenvalue weighted by atomic mass is 10.0. The van der Waals surface area contributed by atoms with E-state index in [-0.39, 0.29) is 12.6 Å². The fourth-order valence-electron chi connectivity index (χ4n) is 2.26. The van der Waals surface area contributed by atoms with Crippen LogP contribution in [0.1, 0.15) is 18.5 Å². The SMILES string of the molecule is CC(c1ccccc1)N1CCOCC1CO. The van der Waals surface area contributed by atoms with E-state index in [0.29, 0.717) is 12.6 Å². The lowest BCUT2D eigenvalue weighted by Gasteiger charge is -2.38. The zero-order chi connectivity index (χ0) is 11.4. The van der Waals surface area contributed by atoms with E-state index < -0.39 is 0 Å². The molecule has 1 heterocycles. The summed E-state index contributed by atoms with van der Waals surface area (Å²) in [4.78, 5) is 2.32. The van der Waals surface area contributed by atoms with E-state index in [2.05, 4.69) is 36.1 Å². The monoisotopic (exact) mass is 221 g/mol. The largest absolute Gasteiger partial charge is 0.395 e. The molecule has 1 aromatic rings. The van der Waals surface area contributed by atoms with Crippen LogP contribution in [0.3, 0.4) is 0 Å². The molecule has 2 atom stereocenters. The fraction of sp³-hybridized carbons (Fsp3) is 0.538. The fourth-order valence-corrected chi connectivity index (χ4v) is 2.26. The highest BCUT2D eigenvalue weighted by Crippen LogP contribution is 2.23. The summed E-state index contributed by atoms with van der Waals surface area (Å²) in [7, 11) is 0. The van der Waals surface area contributed by atoms with Gasteiger partial charge >= 0.3 is 0 Å². The molecule has 3 heteroatoms. The molecule has 0 saturated carbocycles. The molecule has 3 nitrogen and oxygen atoms in total. The summed E-state index contributed by atoms with van der Waals surface area (Å²) in [6.45, 7) is 4.63. The first-order valence-corrected chi connectivity index (χ1v) is 5.82. The van der Waals surface area contributed by atoms with E-state index in [1.54, 1.807) is 0 Å². The van der Waals surface area contributed by atoms with Crippen LogP contribution < -0.4 is 0 Å². The van der Waals surface area contributed by atoms with E-state index >= 15 is 0 Å². The van der Waals surface area contributed by atoms with Gasteiger partial charge in [0.05, 0.1) is 25.9 Å². The number of benzene rings is 1. The molecule has 1 aliphatic heterocycles. The molecule has 0 amide bonds. The smallest absolute Gasteiger partial charge is 0.0645 e. The van der Waals surface area contributed by atoms with Crippen molar-refractivity contribution in [2.75, 3.05) is 26.4 Å². The average Bonchev–Trinajstić information content (AvgIpc) is 2.39. The Morgan fingerprint density at radius 1 is 1.44 bits per heavy atom. The van der Waals surface area contributed by atoms with Crippen molar-refractivity contribution in [2.24, 2.45) is 0 Å². The molecule has 1 aromatic carbocycles. The van der Waals surface area contributed by atoms with E-state index in [1.165, 1.54) is 5.56 Å². The highest BCUT2D eigenvalue weighted by molar-refractivity contribution is 5.18. The van der Waals surface area contributed by atoms with Gasteiger partial charge in [-0.3, -0.25) is 4.90 Å². The maximum absolute atomic E-state index is 9.34. The number of aliphatic hydroxyl groups is 1. The van der Waals surface area contributed by atoms with Crippen molar-refractivity contribution in [1.82, 2.24) is 4.90 Å². The third kappa shape index (κ3) is 2.43. The Bertz CT molecular complexity index is 315. The van der Waals surface area contributed by atoms with Gasteiger partial charge in [-0.05, 0) is 12.5 Å². The zero-order valence-electron chi connectivity index (χ0n) is 9.67. The number of hydrogen-bond donors (Lipinski definition) is 1. The van der Waals surface area contributed by atoms with Crippen LogP contribution in [0.4, 0.5) is 0 Å². The van der Waals surface area contributed by atoms with Crippen molar-refractivity contribution in [3.63, 3.8) is 0 Å². The number of aliphatic hydroxyl groups excluding tert-OH is 1. The standard InChI is InChI=1S/C13H19NO2/c1-11(12-5-3-2-4-6-12)14-7-8-16-10-13(14)9-15/h2-6,11,13,15H,7-10H2,1H3. The Morgan fingerprint density at radius 2 is 2.19 bits per heavy atom. The van der Waals surface area contributed by atoms with Crippen molar-refractivity contribution in [3.05, 3.63) is 35.9 Å². The molecule has 0 aromatic heterocycles. The first kappa shape index (κ1) is 11.6. The Morgan fingerprint density at radius 3 is 2.88 bits per heavy atom. The average molecular weight is 221 g/mol. The Kier molecular flexibility index (Phi) is 3.93. The zero-order valence-corrected chi connectivity index (χ0v) is 9.67. The molecule has 0 spiro atoms. The van der Waals surface area contributed by atoms with Gasteiger partial charge in [-0.2, -0.15) is 0 Å². The van der Waals surface area contributed by atoms with Gasteiger partial charge in [0.1, 0.15) is 0 Å². The van der Waals surface area contributed by atoms with Gasteiger partial charge in [-0.15, -0.1) is 0 Å². The van der Waals surface area contributed by atoms with Crippen LogP contribution >= 0.6 is 0 Å². The Hall–Kier alpha value is -0.900. The van der Waals surface area contributed by atoms with Gasteiger partial charge in [-0.25, -0.2) is 0 Å². The van der Waals surface area contributed by atoms with Crippen LogP contribution in [0, 0.1) is 0 Å². The molecule has 0 aliphatic carbocycles. The first-order chi connectivity index (χ1) is 7.83. The summed E-state index contributed by atoms with van der Waals surface area (Å²) >= 11 is 0. The molecule has 1 saturated heterocycles. The minimum absolute atomic E-state index is 0.129. The highest BCUT2D eigenvalue weighted by atomic mass is 16.5. The van der Waals surface area contributed by atoms with Gasteiger partial charge in [0, 0.05) is 12.6 Å². The molecule has 88 valence electrons. The van der Waals surface area contributed by atoms with Crippen molar-refractivity contribution in [3.8, 4) is 0 Å². The second-order valence-corrected chi connectivity index (χ2v) is 4.24. The molecule has 16 heavy (non-hydrogen) atoms. The van der Waals surface area contributed by atoms with Gasteiger partial charge in [-0.1, -0.05) is 30.3 Å². The number of morpholine rings is 1. The predicted octanol–water partition coefficient (Wildman–Crippen LogP) is 1.44. The molecular weight excluding hydrogens is 202 g/mol. The maximum atomic E-state index is 9.34. The van der Waals surface area contributed by atoms with Gasteiger partial charge in [0.2, 0.25) is 0 Å². The van der Waals surface area contributed by atoms with E-state index in [1.807, 2.05) is 6.07 Å². The normalized spacial score (nSPS) is 24.2. The van der Waals surface area contributed by atoms with Crippen molar-refractivity contribution < 1.29 is 9.84 Å². The lowest BCUT2D eigenvalue weighted by Crippen LogP contribution is -2.48. The Labute approximate surface area is 96.6 Å². The molecule has 2 rings (SSSR count). The van der Waals surface area contributed by atoms with Crippen molar-refractivity contribution in [2.45, 2.75) is 19.0 Å². The van der Waals surface area contributed by atoms with Gasteiger partial charge in [0.15, 0.2) is 0 Å². The van der Waals surface area contributed by atoms with E-state index in [4.69, 9.17) is 4.74 Å². The summed E-state index contributed by atoms with van der Waals surface area (Å²) in [6, 6.07) is 10.9. The molecule has 2 unspecified atom stereocenters. The van der Waals surface area contributed by atoms with Crippen molar-refractivity contribution >= 4 is 0 Å². The highest BCUT2D eigenvalue weighted by Gasteiger charge is 2.26. The first-order valence-electron chi connectivity index (χ1n) is 5.82. The second kappa shape index (κ2) is 5.43. The lowest BCUT2D eigenvalue weighted by molar-refractivity contribution is -0.0447. The van der Waals surface area contributed by atoms with E-state index in [0.717, 1.165) is 13.2 Å². The summed E-state index contributed by atoms with van der Waals surface area (Å²) in [5.74, 6) is 0. The van der Waals surface area contributed by atoms with Gasteiger partial charge in [0.25, 0.3) is 0 Å². The van der Waals surface area contributed by atoms with Crippen LogP contribution in [0.5, 0.6) is 0 Å². The molecule has 1 N–H and O–H groups in total. The van der Waals surface area contributed by atoms with Crippen LogP contribution in [0.2, 0.25) is 0 Å². The summed E-state index contributed by atoms with van der Waals surface area (Å²) in [6.07, 6.45) is 0.